The third kappa shape index (κ3) is 5.34. The molecule has 1 aromatic rings. The van der Waals surface area contributed by atoms with Crippen molar-refractivity contribution >= 4 is 62.5 Å². The average Bonchev–Trinajstić information content (AvgIpc) is 2.97. The highest BCUT2D eigenvalue weighted by Gasteiger charge is 2.21. The van der Waals surface area contributed by atoms with E-state index >= 15 is 0 Å². The molecule has 2 rings (SSSR count). The Morgan fingerprint density at radius 3 is 2.59 bits per heavy atom. The summed E-state index contributed by atoms with van der Waals surface area (Å²) in [5, 5.41) is 4.32. The minimum absolute atomic E-state index is 0. The zero-order valence-electron chi connectivity index (χ0n) is 12.9. The van der Waals surface area contributed by atoms with E-state index in [9.17, 15) is 0 Å². The van der Waals surface area contributed by atoms with Gasteiger partial charge in [0.05, 0.1) is 0 Å². The number of anilines is 1. The maximum Gasteiger partial charge on any atom is 0.205 e. The number of hydrogen-bond acceptors (Lipinski definition) is 5. The molecular weight excluding hydrogens is 479 g/mol. The summed E-state index contributed by atoms with van der Waals surface area (Å²) in [5.74, 6) is 1.85. The number of halogens is 2. The van der Waals surface area contributed by atoms with E-state index in [1.165, 1.54) is 11.5 Å². The van der Waals surface area contributed by atoms with Gasteiger partial charge in [0, 0.05) is 62.2 Å². The van der Waals surface area contributed by atoms with Gasteiger partial charge in [-0.2, -0.15) is 4.37 Å². The van der Waals surface area contributed by atoms with Gasteiger partial charge in [0.15, 0.2) is 5.96 Å². The largest absolute Gasteiger partial charge is 0.352 e. The highest BCUT2D eigenvalue weighted by molar-refractivity contribution is 14.0. The maximum absolute atomic E-state index is 4.55. The average molecular weight is 501 g/mol. The van der Waals surface area contributed by atoms with Crippen LogP contribution >= 0.6 is 51.4 Å². The quantitative estimate of drug-likeness (QED) is 0.390. The summed E-state index contributed by atoms with van der Waals surface area (Å²) in [6.07, 6.45) is 0.892. The molecule has 6 nitrogen and oxygen atoms in total. The van der Waals surface area contributed by atoms with E-state index in [1.54, 1.807) is 0 Å². The molecule has 0 saturated carbocycles. The summed E-state index contributed by atoms with van der Waals surface area (Å²) in [6.45, 7) is 10.3. The molecule has 0 unspecified atom stereocenters. The van der Waals surface area contributed by atoms with Crippen LogP contribution in [0.1, 0.15) is 12.7 Å². The Bertz CT molecular complexity index is 512. The van der Waals surface area contributed by atoms with Crippen LogP contribution in [-0.4, -0.2) is 60.0 Å². The number of aliphatic imine (C=N–C) groups is 1. The number of rotatable bonds is 4. The number of aromatic nitrogens is 2. The first-order valence-electron chi connectivity index (χ1n) is 7.00. The molecule has 1 N–H and O–H groups in total. The van der Waals surface area contributed by atoms with Crippen LogP contribution < -0.4 is 10.2 Å². The molecule has 0 atom stereocenters. The van der Waals surface area contributed by atoms with E-state index < -0.39 is 0 Å². The van der Waals surface area contributed by atoms with Crippen molar-refractivity contribution < 1.29 is 0 Å². The molecule has 1 aliphatic rings. The summed E-state index contributed by atoms with van der Waals surface area (Å²) < 4.78 is 5.27. The lowest BCUT2D eigenvalue weighted by molar-refractivity contribution is 0.374. The van der Waals surface area contributed by atoms with Crippen LogP contribution in [0.4, 0.5) is 5.13 Å². The van der Waals surface area contributed by atoms with E-state index in [-0.39, 0.29) is 24.0 Å². The second-order valence-electron chi connectivity index (χ2n) is 4.74. The van der Waals surface area contributed by atoms with Crippen LogP contribution in [0.3, 0.4) is 0 Å². The lowest BCUT2D eigenvalue weighted by Gasteiger charge is -2.36. The molecule has 1 aliphatic heterocycles. The molecule has 0 bridgehead atoms. The summed E-state index contributed by atoms with van der Waals surface area (Å²) in [4.78, 5) is 13.4. The summed E-state index contributed by atoms with van der Waals surface area (Å²) in [6, 6.07) is 0. The standard InChI is InChI=1S/C13H21BrN6S.HI/c1-4-11-17-13(21-18-11)20-7-5-19(6-8-20)12(15-3)16-9-10(2)14;/h2,4-9H2,1,3H3,(H,15,16);1H. The molecule has 1 fully saturated rings. The van der Waals surface area contributed by atoms with Gasteiger partial charge < -0.3 is 15.1 Å². The number of guanidine groups is 1. The summed E-state index contributed by atoms with van der Waals surface area (Å²) in [5.41, 5.74) is 0. The SMILES string of the molecule is C=C(Br)CNC(=NC)N1CCN(c2nc(CC)ns2)CC1.I. The zero-order valence-corrected chi connectivity index (χ0v) is 17.6. The first-order valence-corrected chi connectivity index (χ1v) is 8.57. The van der Waals surface area contributed by atoms with Crippen molar-refractivity contribution in [3.05, 3.63) is 16.9 Å². The van der Waals surface area contributed by atoms with Crippen LogP contribution in [0, 0.1) is 0 Å². The Kier molecular flexibility index (Phi) is 8.62. The monoisotopic (exact) mass is 500 g/mol. The lowest BCUT2D eigenvalue weighted by atomic mass is 10.3. The zero-order chi connectivity index (χ0) is 15.2. The Hall–Kier alpha value is -0.420. The predicted molar refractivity (Wildman–Crippen MR) is 108 cm³/mol. The molecule has 22 heavy (non-hydrogen) atoms. The first-order chi connectivity index (χ1) is 10.1. The Balaban J connectivity index is 0.00000242. The number of nitrogens with zero attached hydrogens (tertiary/aromatic N) is 5. The fraction of sp³-hybridized carbons (Fsp3) is 0.615. The minimum Gasteiger partial charge on any atom is -0.352 e. The van der Waals surface area contributed by atoms with Gasteiger partial charge in [-0.3, -0.25) is 4.99 Å². The van der Waals surface area contributed by atoms with Gasteiger partial charge in [0.2, 0.25) is 5.13 Å². The molecular formula is C13H22BrIN6S. The van der Waals surface area contributed by atoms with E-state index in [0.29, 0.717) is 6.54 Å². The molecule has 0 radical (unpaired) electrons. The van der Waals surface area contributed by atoms with Crippen LogP contribution in [-0.2, 0) is 6.42 Å². The topological polar surface area (TPSA) is 56.7 Å². The van der Waals surface area contributed by atoms with Crippen molar-refractivity contribution in [3.8, 4) is 0 Å². The van der Waals surface area contributed by atoms with Gasteiger partial charge in [-0.25, -0.2) is 4.98 Å². The van der Waals surface area contributed by atoms with Gasteiger partial charge in [-0.05, 0) is 0 Å². The molecule has 0 amide bonds. The van der Waals surface area contributed by atoms with Crippen molar-refractivity contribution in [1.82, 2.24) is 19.6 Å². The van der Waals surface area contributed by atoms with Crippen LogP contribution in [0.2, 0.25) is 0 Å². The first kappa shape index (κ1) is 19.6. The predicted octanol–water partition coefficient (Wildman–Crippen LogP) is 2.32. The highest BCUT2D eigenvalue weighted by Crippen LogP contribution is 2.19. The number of aryl methyl sites for hydroxylation is 1. The molecule has 0 spiro atoms. The molecule has 0 aliphatic carbocycles. The van der Waals surface area contributed by atoms with Crippen molar-refractivity contribution in [2.45, 2.75) is 13.3 Å². The molecule has 2 heterocycles. The van der Waals surface area contributed by atoms with Gasteiger partial charge >= 0.3 is 0 Å². The van der Waals surface area contributed by atoms with E-state index in [0.717, 1.165) is 54.0 Å². The molecule has 1 saturated heterocycles. The normalized spacial score (nSPS) is 15.5. The van der Waals surface area contributed by atoms with E-state index in [1.807, 2.05) is 7.05 Å². The maximum atomic E-state index is 4.55. The fourth-order valence-electron chi connectivity index (χ4n) is 2.13. The third-order valence-electron chi connectivity index (χ3n) is 3.27. The second kappa shape index (κ2) is 9.66. The number of hydrogen-bond donors (Lipinski definition) is 1. The van der Waals surface area contributed by atoms with Crippen LogP contribution in [0.15, 0.2) is 16.1 Å². The number of nitrogens with one attached hydrogen (secondary N) is 1. The molecule has 124 valence electrons. The Morgan fingerprint density at radius 1 is 1.41 bits per heavy atom. The van der Waals surface area contributed by atoms with E-state index in [4.69, 9.17) is 0 Å². The van der Waals surface area contributed by atoms with Gasteiger partial charge in [0.1, 0.15) is 5.82 Å². The summed E-state index contributed by atoms with van der Waals surface area (Å²) in [7, 11) is 1.81. The minimum atomic E-state index is 0. The van der Waals surface area contributed by atoms with Crippen molar-refractivity contribution in [2.75, 3.05) is 44.7 Å². The molecule has 1 aromatic heterocycles. The second-order valence-corrected chi connectivity index (χ2v) is 6.59. The van der Waals surface area contributed by atoms with Crippen molar-refractivity contribution in [2.24, 2.45) is 4.99 Å². The number of piperazine rings is 1. The van der Waals surface area contributed by atoms with Gasteiger partial charge in [-0.1, -0.05) is 29.4 Å². The Morgan fingerprint density at radius 2 is 2.09 bits per heavy atom. The van der Waals surface area contributed by atoms with Gasteiger partial charge in [-0.15, -0.1) is 24.0 Å². The van der Waals surface area contributed by atoms with Gasteiger partial charge in [0.25, 0.3) is 0 Å². The summed E-state index contributed by atoms with van der Waals surface area (Å²) >= 11 is 4.85. The van der Waals surface area contributed by atoms with Crippen molar-refractivity contribution in [1.29, 1.82) is 0 Å². The molecule has 0 aromatic carbocycles. The Labute approximate surface area is 161 Å². The smallest absolute Gasteiger partial charge is 0.205 e. The highest BCUT2D eigenvalue weighted by atomic mass is 127. The third-order valence-corrected chi connectivity index (χ3v) is 4.37. The fourth-order valence-corrected chi connectivity index (χ4v) is 3.07. The lowest BCUT2D eigenvalue weighted by Crippen LogP contribution is -2.52. The molecule has 9 heteroatoms. The van der Waals surface area contributed by atoms with Crippen LogP contribution in [0.25, 0.3) is 0 Å². The van der Waals surface area contributed by atoms with Crippen LogP contribution in [0.5, 0.6) is 0 Å². The van der Waals surface area contributed by atoms with Crippen molar-refractivity contribution in [3.63, 3.8) is 0 Å². The van der Waals surface area contributed by atoms with E-state index in [2.05, 4.69) is 58.9 Å².